The molecule has 2 amide bonds. The zero-order valence-corrected chi connectivity index (χ0v) is 22.2. The molecule has 0 spiro atoms. The number of thioether (sulfide) groups is 1. The van der Waals surface area contributed by atoms with Gasteiger partial charge < -0.3 is 10.2 Å². The number of carbonyl (C=O) groups is 2. The summed E-state index contributed by atoms with van der Waals surface area (Å²) < 4.78 is 0. The molecule has 0 aliphatic rings. The van der Waals surface area contributed by atoms with Crippen molar-refractivity contribution in [2.24, 2.45) is 0 Å². The number of hydrogen-bond acceptors (Lipinski definition) is 3. The van der Waals surface area contributed by atoms with E-state index in [1.165, 1.54) is 0 Å². The highest BCUT2D eigenvalue weighted by Crippen LogP contribution is 2.25. The highest BCUT2D eigenvalue weighted by molar-refractivity contribution is 7.99. The number of carbonyl (C=O) groups excluding carboxylic acids is 2. The number of nitrogens with zero attached hydrogens (tertiary/aromatic N) is 1. The summed E-state index contributed by atoms with van der Waals surface area (Å²) in [4.78, 5) is 29.7. The molecule has 4 nitrogen and oxygen atoms in total. The number of halogens is 2. The van der Waals surface area contributed by atoms with Gasteiger partial charge in [0.15, 0.2) is 0 Å². The number of hydrogen-bond donors (Lipinski definition) is 1. The van der Waals surface area contributed by atoms with E-state index in [1.54, 1.807) is 28.8 Å². The van der Waals surface area contributed by atoms with Crippen molar-refractivity contribution in [3.05, 3.63) is 100 Å². The molecule has 0 saturated heterocycles. The second-order valence-electron chi connectivity index (χ2n) is 8.54. The van der Waals surface area contributed by atoms with Crippen molar-refractivity contribution in [2.45, 2.75) is 50.2 Å². The van der Waals surface area contributed by atoms with E-state index in [0.717, 1.165) is 16.0 Å². The van der Waals surface area contributed by atoms with Crippen LogP contribution in [0, 0.1) is 0 Å². The third-order valence-electron chi connectivity index (χ3n) is 5.39. The first-order valence-electron chi connectivity index (χ1n) is 11.6. The van der Waals surface area contributed by atoms with Crippen LogP contribution in [0.25, 0.3) is 0 Å². The Hall–Kier alpha value is -2.47. The summed E-state index contributed by atoms with van der Waals surface area (Å²) in [5.41, 5.74) is 1.73. The minimum Gasteiger partial charge on any atom is -0.352 e. The maximum absolute atomic E-state index is 13.6. The first-order chi connectivity index (χ1) is 16.8. The van der Waals surface area contributed by atoms with Gasteiger partial charge in [-0.3, -0.25) is 9.59 Å². The second kappa shape index (κ2) is 13.6. The average molecular weight is 530 g/mol. The number of rotatable bonds is 11. The highest BCUT2D eigenvalue weighted by atomic mass is 35.5. The van der Waals surface area contributed by atoms with Crippen molar-refractivity contribution in [1.82, 2.24) is 10.2 Å². The zero-order chi connectivity index (χ0) is 25.2. The van der Waals surface area contributed by atoms with Crippen LogP contribution in [0.5, 0.6) is 0 Å². The Morgan fingerprint density at radius 1 is 0.943 bits per heavy atom. The van der Waals surface area contributed by atoms with Gasteiger partial charge in [-0.05, 0) is 49.2 Å². The fraction of sp³-hybridized carbons (Fsp3) is 0.286. The lowest BCUT2D eigenvalue weighted by Crippen LogP contribution is -2.51. The lowest BCUT2D eigenvalue weighted by Gasteiger charge is -2.32. The van der Waals surface area contributed by atoms with E-state index >= 15 is 0 Å². The molecule has 1 N–H and O–H groups in total. The zero-order valence-electron chi connectivity index (χ0n) is 19.9. The average Bonchev–Trinajstić information content (AvgIpc) is 2.83. The van der Waals surface area contributed by atoms with Crippen molar-refractivity contribution in [1.29, 1.82) is 0 Å². The maximum Gasteiger partial charge on any atom is 0.243 e. The van der Waals surface area contributed by atoms with Crippen LogP contribution in [0.15, 0.2) is 83.8 Å². The van der Waals surface area contributed by atoms with Gasteiger partial charge in [-0.15, -0.1) is 11.8 Å². The topological polar surface area (TPSA) is 49.4 Å². The van der Waals surface area contributed by atoms with Gasteiger partial charge in [-0.1, -0.05) is 77.8 Å². The van der Waals surface area contributed by atoms with Crippen molar-refractivity contribution in [3.63, 3.8) is 0 Å². The second-order valence-corrected chi connectivity index (χ2v) is 10.5. The molecule has 0 fully saturated rings. The van der Waals surface area contributed by atoms with Crippen molar-refractivity contribution >= 4 is 46.8 Å². The Kier molecular flexibility index (Phi) is 10.5. The van der Waals surface area contributed by atoms with Crippen LogP contribution in [0.4, 0.5) is 0 Å². The summed E-state index contributed by atoms with van der Waals surface area (Å²) in [7, 11) is 0. The van der Waals surface area contributed by atoms with Gasteiger partial charge in [-0.25, -0.2) is 0 Å². The highest BCUT2D eigenvalue weighted by Gasteiger charge is 2.31. The van der Waals surface area contributed by atoms with Crippen LogP contribution in [-0.4, -0.2) is 34.6 Å². The molecule has 35 heavy (non-hydrogen) atoms. The van der Waals surface area contributed by atoms with Gasteiger partial charge in [0.05, 0.1) is 0 Å². The third-order valence-corrected chi connectivity index (χ3v) is 6.99. The van der Waals surface area contributed by atoms with Gasteiger partial charge in [0.2, 0.25) is 11.8 Å². The van der Waals surface area contributed by atoms with E-state index in [4.69, 9.17) is 23.2 Å². The van der Waals surface area contributed by atoms with E-state index < -0.39 is 6.04 Å². The number of nitrogens with one attached hydrogen (secondary N) is 1. The molecule has 0 aliphatic heterocycles. The van der Waals surface area contributed by atoms with Crippen molar-refractivity contribution in [2.75, 3.05) is 5.75 Å². The van der Waals surface area contributed by atoms with E-state index in [0.29, 0.717) is 28.6 Å². The third kappa shape index (κ3) is 8.60. The van der Waals surface area contributed by atoms with Gasteiger partial charge in [0.25, 0.3) is 0 Å². The molecule has 0 aromatic heterocycles. The first kappa shape index (κ1) is 27.1. The van der Waals surface area contributed by atoms with Gasteiger partial charge in [-0.2, -0.15) is 0 Å². The van der Waals surface area contributed by atoms with E-state index in [2.05, 4.69) is 5.32 Å². The predicted molar refractivity (Wildman–Crippen MR) is 146 cm³/mol. The lowest BCUT2D eigenvalue weighted by molar-refractivity contribution is -0.141. The molecule has 0 aliphatic carbocycles. The van der Waals surface area contributed by atoms with E-state index in [9.17, 15) is 9.59 Å². The fourth-order valence-corrected chi connectivity index (χ4v) is 5.01. The Morgan fingerprint density at radius 2 is 1.60 bits per heavy atom. The summed E-state index contributed by atoms with van der Waals surface area (Å²) >= 11 is 14.2. The largest absolute Gasteiger partial charge is 0.352 e. The fourth-order valence-electron chi connectivity index (χ4n) is 3.68. The minimum absolute atomic E-state index is 0.0505. The lowest BCUT2D eigenvalue weighted by atomic mass is 10.0. The predicted octanol–water partition coefficient (Wildman–Crippen LogP) is 6.64. The molecular formula is C28H30Cl2N2O2S. The van der Waals surface area contributed by atoms with Crippen LogP contribution in [0.3, 0.4) is 0 Å². The van der Waals surface area contributed by atoms with Gasteiger partial charge in [0.1, 0.15) is 6.04 Å². The number of benzene rings is 3. The van der Waals surface area contributed by atoms with Crippen LogP contribution in [-0.2, 0) is 22.6 Å². The van der Waals surface area contributed by atoms with Gasteiger partial charge >= 0.3 is 0 Å². The smallest absolute Gasteiger partial charge is 0.243 e. The van der Waals surface area contributed by atoms with Crippen LogP contribution >= 0.6 is 35.0 Å². The Morgan fingerprint density at radius 3 is 2.23 bits per heavy atom. The minimum atomic E-state index is -0.680. The molecule has 3 aromatic rings. The maximum atomic E-state index is 13.6. The summed E-state index contributed by atoms with van der Waals surface area (Å²) in [5, 5.41) is 3.99. The standard InChI is InChI=1S/C28H30Cl2N2O2S/c1-20(2)31-28(34)26(17-21-9-5-3-6-10-21)32(19-22-13-14-23(29)18-25(22)30)27(33)15-16-35-24-11-7-4-8-12-24/h3-14,18,20,26H,15-17,19H2,1-2H3,(H,31,34)/t26-/m0/s1. The normalized spacial score (nSPS) is 11.8. The molecule has 0 unspecified atom stereocenters. The molecule has 3 aromatic carbocycles. The van der Waals surface area contributed by atoms with Crippen LogP contribution < -0.4 is 5.32 Å². The first-order valence-corrected chi connectivity index (χ1v) is 13.3. The van der Waals surface area contributed by atoms with E-state index in [1.807, 2.05) is 80.6 Å². The Labute approximate surface area is 222 Å². The molecule has 0 heterocycles. The van der Waals surface area contributed by atoms with Crippen LogP contribution in [0.2, 0.25) is 10.0 Å². The molecule has 0 saturated carbocycles. The van der Waals surface area contributed by atoms with Gasteiger partial charge in [0, 0.05) is 46.1 Å². The molecular weight excluding hydrogens is 499 g/mol. The molecule has 7 heteroatoms. The summed E-state index contributed by atoms with van der Waals surface area (Å²) in [6.07, 6.45) is 0.702. The Balaban J connectivity index is 1.88. The molecule has 0 radical (unpaired) electrons. The van der Waals surface area contributed by atoms with Crippen LogP contribution in [0.1, 0.15) is 31.4 Å². The monoisotopic (exact) mass is 528 g/mol. The van der Waals surface area contributed by atoms with Crippen molar-refractivity contribution in [3.8, 4) is 0 Å². The summed E-state index contributed by atoms with van der Waals surface area (Å²) in [6, 6.07) is 24.2. The van der Waals surface area contributed by atoms with E-state index in [-0.39, 0.29) is 24.4 Å². The SMILES string of the molecule is CC(C)NC(=O)[C@H](Cc1ccccc1)N(Cc1ccc(Cl)cc1Cl)C(=O)CCSc1ccccc1. The summed E-state index contributed by atoms with van der Waals surface area (Å²) in [5.74, 6) is 0.328. The van der Waals surface area contributed by atoms with Crippen molar-refractivity contribution < 1.29 is 9.59 Å². The molecule has 0 bridgehead atoms. The quantitative estimate of drug-likeness (QED) is 0.283. The number of amides is 2. The molecule has 184 valence electrons. The molecule has 1 atom stereocenters. The Bertz CT molecular complexity index is 1110. The molecule has 3 rings (SSSR count). The summed E-state index contributed by atoms with van der Waals surface area (Å²) in [6.45, 7) is 4.04.